The van der Waals surface area contributed by atoms with Crippen molar-refractivity contribution in [3.05, 3.63) is 30.3 Å². The Morgan fingerprint density at radius 1 is 1.25 bits per heavy atom. The van der Waals surface area contributed by atoms with E-state index >= 15 is 0 Å². The summed E-state index contributed by atoms with van der Waals surface area (Å²) in [7, 11) is 0. The smallest absolute Gasteiger partial charge is 0.184 e. The average Bonchev–Trinajstić information content (AvgIpc) is 2.27. The maximum absolute atomic E-state index is 5.24. The molecule has 1 aromatic carbocycles. The largest absolute Gasteiger partial charge is 0.375 e. The number of anilines is 1. The molecule has 0 amide bonds. The lowest BCUT2D eigenvalue weighted by Gasteiger charge is -2.07. The zero-order valence-corrected chi connectivity index (χ0v) is 10.4. The summed E-state index contributed by atoms with van der Waals surface area (Å²) in [5, 5.41) is 7.07. The minimum atomic E-state index is 0.113. The Kier molecular flexibility index (Phi) is 4.81. The summed E-state index contributed by atoms with van der Waals surface area (Å²) >= 11 is 9.77. The second-order valence-corrected chi connectivity index (χ2v) is 3.84. The number of para-hydroxylation sites is 1. The fourth-order valence-corrected chi connectivity index (χ4v) is 1.14. The Hall–Kier alpha value is -1.53. The summed E-state index contributed by atoms with van der Waals surface area (Å²) < 4.78 is 0. The molecule has 0 atom stereocenters. The molecular formula is C10H12N4S2. The minimum absolute atomic E-state index is 0.113. The number of nitrogens with zero attached hydrogens (tertiary/aromatic N) is 1. The molecule has 4 nitrogen and oxygen atoms in total. The SMILES string of the molecule is C/C(=N/NC(N)=S)C(=S)Nc1ccccc1. The highest BCUT2D eigenvalue weighted by atomic mass is 32.1. The molecule has 0 saturated heterocycles. The molecule has 0 spiro atoms. The lowest BCUT2D eigenvalue weighted by Crippen LogP contribution is -2.28. The fourth-order valence-electron chi connectivity index (χ4n) is 0.933. The standard InChI is InChI=1S/C10H12N4S2/c1-7(13-14-10(11)16)9(15)12-8-5-3-2-4-6-8/h2-6H,1H3,(H,12,15)(H3,11,14,16)/b13-7-. The molecule has 0 fully saturated rings. The number of benzene rings is 1. The minimum Gasteiger partial charge on any atom is -0.375 e. The lowest BCUT2D eigenvalue weighted by atomic mass is 10.3. The number of nitrogens with two attached hydrogens (primary N) is 1. The van der Waals surface area contributed by atoms with Crippen LogP contribution in [0.5, 0.6) is 0 Å². The van der Waals surface area contributed by atoms with Crippen molar-refractivity contribution in [1.82, 2.24) is 5.43 Å². The summed E-state index contributed by atoms with van der Waals surface area (Å²) in [4.78, 5) is 0.523. The molecule has 0 aliphatic rings. The van der Waals surface area contributed by atoms with Gasteiger partial charge in [-0.2, -0.15) is 5.10 Å². The summed E-state index contributed by atoms with van der Waals surface area (Å²) in [5.74, 6) is 0. The Morgan fingerprint density at radius 3 is 2.44 bits per heavy atom. The van der Waals surface area contributed by atoms with Gasteiger partial charge in [0.05, 0.1) is 5.71 Å². The van der Waals surface area contributed by atoms with Gasteiger partial charge in [-0.15, -0.1) is 0 Å². The maximum atomic E-state index is 5.24. The van der Waals surface area contributed by atoms with Crippen molar-refractivity contribution in [2.45, 2.75) is 6.92 Å². The molecule has 0 aromatic heterocycles. The molecule has 0 radical (unpaired) electrons. The third-order valence-corrected chi connectivity index (χ3v) is 2.18. The van der Waals surface area contributed by atoms with Crippen LogP contribution in [0.15, 0.2) is 35.4 Å². The highest BCUT2D eigenvalue weighted by Crippen LogP contribution is 2.05. The first-order valence-corrected chi connectivity index (χ1v) is 5.37. The zero-order chi connectivity index (χ0) is 12.0. The van der Waals surface area contributed by atoms with Crippen molar-refractivity contribution in [3.8, 4) is 0 Å². The van der Waals surface area contributed by atoms with E-state index in [1.807, 2.05) is 30.3 Å². The lowest BCUT2D eigenvalue weighted by molar-refractivity contribution is 1.03. The van der Waals surface area contributed by atoms with E-state index < -0.39 is 0 Å². The van der Waals surface area contributed by atoms with E-state index in [0.29, 0.717) is 10.7 Å². The second kappa shape index (κ2) is 6.14. The number of rotatable bonds is 3. The Labute approximate surface area is 105 Å². The van der Waals surface area contributed by atoms with Crippen molar-refractivity contribution in [2.75, 3.05) is 5.32 Å². The van der Waals surface area contributed by atoms with Crippen LogP contribution >= 0.6 is 24.4 Å². The number of thiocarbonyl (C=S) groups is 2. The van der Waals surface area contributed by atoms with Gasteiger partial charge in [-0.25, -0.2) is 0 Å². The summed E-state index contributed by atoms with van der Waals surface area (Å²) in [6.45, 7) is 1.77. The zero-order valence-electron chi connectivity index (χ0n) is 8.73. The predicted octanol–water partition coefficient (Wildman–Crippen LogP) is 1.64. The molecule has 84 valence electrons. The highest BCUT2D eigenvalue weighted by Gasteiger charge is 2.01. The van der Waals surface area contributed by atoms with Gasteiger partial charge in [0.1, 0.15) is 4.99 Å². The average molecular weight is 252 g/mol. The van der Waals surface area contributed by atoms with Crippen molar-refractivity contribution in [3.63, 3.8) is 0 Å². The highest BCUT2D eigenvalue weighted by molar-refractivity contribution is 7.82. The van der Waals surface area contributed by atoms with Crippen LogP contribution in [-0.4, -0.2) is 15.8 Å². The third kappa shape index (κ3) is 4.33. The van der Waals surface area contributed by atoms with Crippen LogP contribution in [0.3, 0.4) is 0 Å². The van der Waals surface area contributed by atoms with Gasteiger partial charge in [-0.05, 0) is 31.3 Å². The number of nitrogens with one attached hydrogen (secondary N) is 2. The Bertz CT molecular complexity index is 414. The van der Waals surface area contributed by atoms with Crippen LogP contribution in [0.1, 0.15) is 6.92 Å². The first-order valence-electron chi connectivity index (χ1n) is 4.55. The van der Waals surface area contributed by atoms with Gasteiger partial charge in [0.15, 0.2) is 5.11 Å². The first kappa shape index (κ1) is 12.5. The third-order valence-electron chi connectivity index (χ3n) is 1.69. The summed E-state index contributed by atoms with van der Waals surface area (Å²) in [6, 6.07) is 9.61. The number of hydrogen-bond donors (Lipinski definition) is 3. The van der Waals surface area contributed by atoms with E-state index in [1.54, 1.807) is 6.92 Å². The fraction of sp³-hybridized carbons (Fsp3) is 0.100. The predicted molar refractivity (Wildman–Crippen MR) is 75.7 cm³/mol. The molecule has 0 unspecified atom stereocenters. The number of hydrogen-bond acceptors (Lipinski definition) is 3. The van der Waals surface area contributed by atoms with Gasteiger partial charge < -0.3 is 11.1 Å². The number of hydrazone groups is 1. The van der Waals surface area contributed by atoms with E-state index in [4.69, 9.17) is 18.0 Å². The van der Waals surface area contributed by atoms with Crippen LogP contribution in [0.25, 0.3) is 0 Å². The van der Waals surface area contributed by atoms with Gasteiger partial charge in [0.2, 0.25) is 0 Å². The van der Waals surface area contributed by atoms with Crippen LogP contribution in [-0.2, 0) is 0 Å². The van der Waals surface area contributed by atoms with Gasteiger partial charge in [0, 0.05) is 5.69 Å². The van der Waals surface area contributed by atoms with E-state index in [9.17, 15) is 0 Å². The normalized spacial score (nSPS) is 10.7. The summed E-state index contributed by atoms with van der Waals surface area (Å²) in [6.07, 6.45) is 0. The van der Waals surface area contributed by atoms with E-state index in [2.05, 4.69) is 28.1 Å². The van der Waals surface area contributed by atoms with Crippen LogP contribution in [0.4, 0.5) is 5.69 Å². The summed E-state index contributed by atoms with van der Waals surface area (Å²) in [5.41, 5.74) is 9.26. The Balaban J connectivity index is 2.59. The molecular weight excluding hydrogens is 240 g/mol. The van der Waals surface area contributed by atoms with Gasteiger partial charge in [0.25, 0.3) is 0 Å². The van der Waals surface area contributed by atoms with Crippen molar-refractivity contribution in [1.29, 1.82) is 0 Å². The van der Waals surface area contributed by atoms with Gasteiger partial charge in [-0.1, -0.05) is 30.4 Å². The monoisotopic (exact) mass is 252 g/mol. The van der Waals surface area contributed by atoms with E-state index in [-0.39, 0.29) is 5.11 Å². The molecule has 16 heavy (non-hydrogen) atoms. The quantitative estimate of drug-likeness (QED) is 0.433. The first-order chi connectivity index (χ1) is 7.59. The van der Waals surface area contributed by atoms with Crippen LogP contribution < -0.4 is 16.5 Å². The molecule has 0 aliphatic heterocycles. The maximum Gasteiger partial charge on any atom is 0.184 e. The van der Waals surface area contributed by atoms with Gasteiger partial charge in [-0.3, -0.25) is 5.43 Å². The Morgan fingerprint density at radius 2 is 1.88 bits per heavy atom. The topological polar surface area (TPSA) is 62.4 Å². The molecule has 1 aromatic rings. The second-order valence-electron chi connectivity index (χ2n) is 2.99. The van der Waals surface area contributed by atoms with E-state index in [0.717, 1.165) is 5.69 Å². The van der Waals surface area contributed by atoms with Gasteiger partial charge >= 0.3 is 0 Å². The molecule has 0 saturated carbocycles. The molecule has 0 aliphatic carbocycles. The molecule has 0 bridgehead atoms. The van der Waals surface area contributed by atoms with Crippen molar-refractivity contribution in [2.24, 2.45) is 10.8 Å². The van der Waals surface area contributed by atoms with Crippen molar-refractivity contribution >= 4 is 45.9 Å². The van der Waals surface area contributed by atoms with Crippen LogP contribution in [0.2, 0.25) is 0 Å². The molecule has 1 rings (SSSR count). The molecule has 6 heteroatoms. The van der Waals surface area contributed by atoms with Crippen molar-refractivity contribution < 1.29 is 0 Å². The van der Waals surface area contributed by atoms with Crippen LogP contribution in [0, 0.1) is 0 Å². The molecule has 4 N–H and O–H groups in total. The van der Waals surface area contributed by atoms with E-state index in [1.165, 1.54) is 0 Å². The molecule has 0 heterocycles.